The maximum Gasteiger partial charge on any atom is 0.153 e. The van der Waals surface area contributed by atoms with E-state index in [1.54, 1.807) is 0 Å². The van der Waals surface area contributed by atoms with E-state index in [9.17, 15) is 0 Å². The molecule has 1 aromatic heterocycles. The van der Waals surface area contributed by atoms with Crippen molar-refractivity contribution in [2.75, 3.05) is 0 Å². The summed E-state index contributed by atoms with van der Waals surface area (Å²) in [4.78, 5) is 4.87. The van der Waals surface area contributed by atoms with E-state index >= 15 is 0 Å². The number of hydrogen-bond donors (Lipinski definition) is 0. The molecule has 0 saturated heterocycles. The largest absolute Gasteiger partial charge is 0.483 e. The van der Waals surface area contributed by atoms with Gasteiger partial charge < -0.3 is 9.30 Å². The molecular weight excluding hydrogens is 368 g/mol. The molecule has 0 bridgehead atoms. The summed E-state index contributed by atoms with van der Waals surface area (Å²) in [6.45, 7) is 6.87. The lowest BCUT2D eigenvalue weighted by Crippen LogP contribution is -2.13. The minimum absolute atomic E-state index is 0.196. The summed E-state index contributed by atoms with van der Waals surface area (Å²) in [5.74, 6) is 1.71. The molecule has 142 valence electrons. The van der Waals surface area contributed by atoms with E-state index in [-0.39, 0.29) is 6.10 Å². The SMILES string of the molecule is Cc1ccc(Cn2c(C(C)Oc3ccc(Cl)c(C)c3)nc3ccccc32)cc1. The molecule has 0 aliphatic carbocycles. The van der Waals surface area contributed by atoms with Gasteiger partial charge in [0.1, 0.15) is 5.75 Å². The van der Waals surface area contributed by atoms with E-state index in [0.717, 1.165) is 39.7 Å². The Kier molecular flexibility index (Phi) is 5.10. The van der Waals surface area contributed by atoms with Gasteiger partial charge in [-0.05, 0) is 62.2 Å². The fourth-order valence-corrected chi connectivity index (χ4v) is 3.51. The van der Waals surface area contributed by atoms with Gasteiger partial charge in [-0.2, -0.15) is 0 Å². The van der Waals surface area contributed by atoms with Crippen molar-refractivity contribution in [1.29, 1.82) is 0 Å². The van der Waals surface area contributed by atoms with Crippen molar-refractivity contribution in [1.82, 2.24) is 9.55 Å². The van der Waals surface area contributed by atoms with Gasteiger partial charge >= 0.3 is 0 Å². The number of aromatic nitrogens is 2. The zero-order chi connectivity index (χ0) is 19.7. The fourth-order valence-electron chi connectivity index (χ4n) is 3.39. The highest BCUT2D eigenvalue weighted by Crippen LogP contribution is 2.28. The van der Waals surface area contributed by atoms with Gasteiger partial charge in [-0.25, -0.2) is 4.98 Å². The van der Waals surface area contributed by atoms with Crippen LogP contribution in [-0.2, 0) is 6.54 Å². The molecule has 0 saturated carbocycles. The molecule has 0 radical (unpaired) electrons. The first kappa shape index (κ1) is 18.6. The van der Waals surface area contributed by atoms with E-state index < -0.39 is 0 Å². The molecule has 3 aromatic carbocycles. The third-order valence-corrected chi connectivity index (χ3v) is 5.38. The normalized spacial score (nSPS) is 12.3. The minimum atomic E-state index is -0.196. The number of fused-ring (bicyclic) bond motifs is 1. The molecule has 0 aliphatic heterocycles. The van der Waals surface area contributed by atoms with Gasteiger partial charge in [0.05, 0.1) is 11.0 Å². The maximum absolute atomic E-state index is 6.22. The quantitative estimate of drug-likeness (QED) is 0.389. The highest BCUT2D eigenvalue weighted by Gasteiger charge is 2.18. The third-order valence-electron chi connectivity index (χ3n) is 4.95. The molecule has 4 heteroatoms. The summed E-state index contributed by atoms with van der Waals surface area (Å²) in [6.07, 6.45) is -0.196. The average Bonchev–Trinajstić information content (AvgIpc) is 3.05. The lowest BCUT2D eigenvalue weighted by atomic mass is 10.1. The Labute approximate surface area is 170 Å². The number of nitrogens with zero attached hydrogens (tertiary/aromatic N) is 2. The van der Waals surface area contributed by atoms with Crippen LogP contribution in [0.4, 0.5) is 0 Å². The van der Waals surface area contributed by atoms with Gasteiger partial charge in [-0.15, -0.1) is 0 Å². The molecule has 4 aromatic rings. The number of benzene rings is 3. The molecule has 3 nitrogen and oxygen atoms in total. The first-order valence-electron chi connectivity index (χ1n) is 9.45. The highest BCUT2D eigenvalue weighted by atomic mass is 35.5. The lowest BCUT2D eigenvalue weighted by molar-refractivity contribution is 0.212. The second-order valence-corrected chi connectivity index (χ2v) is 7.61. The number of aryl methyl sites for hydroxylation is 2. The zero-order valence-electron chi connectivity index (χ0n) is 16.3. The molecule has 0 amide bonds. The van der Waals surface area contributed by atoms with Gasteiger partial charge in [-0.3, -0.25) is 0 Å². The number of para-hydroxylation sites is 2. The molecular formula is C24H23ClN2O. The van der Waals surface area contributed by atoms with Crippen molar-refractivity contribution in [2.24, 2.45) is 0 Å². The molecule has 1 heterocycles. The monoisotopic (exact) mass is 390 g/mol. The first-order valence-corrected chi connectivity index (χ1v) is 9.82. The van der Waals surface area contributed by atoms with Crippen LogP contribution in [-0.4, -0.2) is 9.55 Å². The molecule has 0 N–H and O–H groups in total. The Bertz CT molecular complexity index is 1120. The minimum Gasteiger partial charge on any atom is -0.483 e. The average molecular weight is 391 g/mol. The molecule has 1 atom stereocenters. The van der Waals surface area contributed by atoms with Crippen LogP contribution in [0, 0.1) is 13.8 Å². The van der Waals surface area contributed by atoms with Crippen molar-refractivity contribution >= 4 is 22.6 Å². The van der Waals surface area contributed by atoms with Crippen LogP contribution in [0.3, 0.4) is 0 Å². The Morgan fingerprint density at radius 2 is 1.75 bits per heavy atom. The second kappa shape index (κ2) is 7.69. The highest BCUT2D eigenvalue weighted by molar-refractivity contribution is 6.31. The predicted molar refractivity (Wildman–Crippen MR) is 115 cm³/mol. The number of ether oxygens (including phenoxy) is 1. The van der Waals surface area contributed by atoms with Gasteiger partial charge in [0.15, 0.2) is 11.9 Å². The number of halogens is 1. The summed E-state index contributed by atoms with van der Waals surface area (Å²) in [6, 6.07) is 22.6. The van der Waals surface area contributed by atoms with E-state index in [0.29, 0.717) is 0 Å². The van der Waals surface area contributed by atoms with Crippen molar-refractivity contribution in [3.63, 3.8) is 0 Å². The van der Waals surface area contributed by atoms with Crippen molar-refractivity contribution in [3.8, 4) is 5.75 Å². The van der Waals surface area contributed by atoms with Crippen LogP contribution in [0.15, 0.2) is 66.7 Å². The summed E-state index contributed by atoms with van der Waals surface area (Å²) < 4.78 is 8.46. The van der Waals surface area contributed by atoms with Crippen LogP contribution in [0.5, 0.6) is 5.75 Å². The summed E-state index contributed by atoms with van der Waals surface area (Å²) in [7, 11) is 0. The summed E-state index contributed by atoms with van der Waals surface area (Å²) in [5, 5.41) is 0.742. The smallest absolute Gasteiger partial charge is 0.153 e. The van der Waals surface area contributed by atoms with Crippen LogP contribution in [0.25, 0.3) is 11.0 Å². The number of rotatable bonds is 5. The van der Waals surface area contributed by atoms with E-state index in [1.165, 1.54) is 11.1 Å². The zero-order valence-corrected chi connectivity index (χ0v) is 17.1. The van der Waals surface area contributed by atoms with Crippen LogP contribution < -0.4 is 4.74 Å². The Morgan fingerprint density at radius 1 is 1.00 bits per heavy atom. The fraction of sp³-hybridized carbons (Fsp3) is 0.208. The van der Waals surface area contributed by atoms with E-state index in [1.807, 2.05) is 50.2 Å². The summed E-state index contributed by atoms with van der Waals surface area (Å²) >= 11 is 6.14. The second-order valence-electron chi connectivity index (χ2n) is 7.20. The van der Waals surface area contributed by atoms with Gasteiger partial charge in [0, 0.05) is 11.6 Å². The topological polar surface area (TPSA) is 27.1 Å². The van der Waals surface area contributed by atoms with Gasteiger partial charge in [0.25, 0.3) is 0 Å². The van der Waals surface area contributed by atoms with Crippen molar-refractivity contribution < 1.29 is 4.74 Å². The first-order chi connectivity index (χ1) is 13.5. The molecule has 1 unspecified atom stereocenters. The van der Waals surface area contributed by atoms with Crippen LogP contribution in [0.1, 0.15) is 35.5 Å². The third kappa shape index (κ3) is 3.76. The summed E-state index contributed by atoms with van der Waals surface area (Å²) in [5.41, 5.74) is 5.59. The molecule has 4 rings (SSSR count). The predicted octanol–water partition coefficient (Wildman–Crippen LogP) is 6.49. The standard InChI is InChI=1S/C24H23ClN2O/c1-16-8-10-19(11-9-16)15-27-23-7-5-4-6-22(23)26-24(27)18(3)28-20-12-13-21(25)17(2)14-20/h4-14,18H,15H2,1-3H3. The molecule has 28 heavy (non-hydrogen) atoms. The maximum atomic E-state index is 6.22. The van der Waals surface area contributed by atoms with E-state index in [4.69, 9.17) is 21.3 Å². The van der Waals surface area contributed by atoms with Crippen molar-refractivity contribution in [2.45, 2.75) is 33.4 Å². The van der Waals surface area contributed by atoms with Crippen LogP contribution in [0.2, 0.25) is 5.02 Å². The lowest BCUT2D eigenvalue weighted by Gasteiger charge is -2.17. The van der Waals surface area contributed by atoms with Crippen molar-refractivity contribution in [3.05, 3.63) is 94.3 Å². The Morgan fingerprint density at radius 3 is 2.50 bits per heavy atom. The molecule has 0 fully saturated rings. The molecule has 0 spiro atoms. The van der Waals surface area contributed by atoms with Crippen LogP contribution >= 0.6 is 11.6 Å². The number of imidazole rings is 1. The van der Waals surface area contributed by atoms with Gasteiger partial charge in [0.2, 0.25) is 0 Å². The number of hydrogen-bond acceptors (Lipinski definition) is 2. The van der Waals surface area contributed by atoms with Gasteiger partial charge in [-0.1, -0.05) is 53.6 Å². The Hall–Kier alpha value is -2.78. The molecule has 0 aliphatic rings. The van der Waals surface area contributed by atoms with E-state index in [2.05, 4.69) is 41.8 Å². The Balaban J connectivity index is 1.70.